The van der Waals surface area contributed by atoms with Gasteiger partial charge in [-0.05, 0) is 48.8 Å². The van der Waals surface area contributed by atoms with Gasteiger partial charge in [0.15, 0.2) is 5.82 Å². The van der Waals surface area contributed by atoms with Crippen LogP contribution in [0.3, 0.4) is 0 Å². The number of hydrogen-bond donors (Lipinski definition) is 1. The van der Waals surface area contributed by atoms with Crippen molar-refractivity contribution in [3.63, 3.8) is 0 Å². The van der Waals surface area contributed by atoms with Gasteiger partial charge in [-0.1, -0.05) is 38.8 Å². The van der Waals surface area contributed by atoms with Crippen LogP contribution >= 0.6 is 7.92 Å². The second-order valence-electron chi connectivity index (χ2n) is 10.2. The Kier molecular flexibility index (Phi) is 7.68. The van der Waals surface area contributed by atoms with Crippen molar-refractivity contribution in [2.45, 2.75) is 31.5 Å². The van der Waals surface area contributed by atoms with Crippen LogP contribution in [0.2, 0.25) is 0 Å². The molecule has 0 atom stereocenters. The number of alkyl halides is 5. The van der Waals surface area contributed by atoms with Crippen molar-refractivity contribution in [1.82, 2.24) is 19.3 Å². The van der Waals surface area contributed by atoms with Crippen molar-refractivity contribution in [3.05, 3.63) is 64.3 Å². The van der Waals surface area contributed by atoms with Gasteiger partial charge >= 0.3 is 6.36 Å². The molecule has 2 aromatic carbocycles. The first-order chi connectivity index (χ1) is 19.3. The molecule has 0 radical (unpaired) electrons. The Hall–Kier alpha value is -3.72. The SMILES string of the molecule is C=c1cccc(-c2nc(-c3ccc(P(C)C)cc3OC(F)(F)F)n(C)c2C2CC2)/c1=C/Nc1cc(C(F)F)n(C)n1. The molecule has 0 bridgehead atoms. The van der Waals surface area contributed by atoms with Gasteiger partial charge in [0.1, 0.15) is 17.3 Å². The summed E-state index contributed by atoms with van der Waals surface area (Å²) in [6, 6.07) is 11.7. The molecule has 12 heteroatoms. The monoisotopic (exact) mass is 589 g/mol. The number of rotatable bonds is 8. The maximum Gasteiger partial charge on any atom is 0.573 e. The Labute approximate surface area is 234 Å². The Morgan fingerprint density at radius 3 is 2.44 bits per heavy atom. The normalized spacial score (nSPS) is 14.4. The fraction of sp³-hybridized carbons (Fsp3) is 0.310. The van der Waals surface area contributed by atoms with Gasteiger partial charge in [0.2, 0.25) is 0 Å². The Morgan fingerprint density at radius 1 is 1.10 bits per heavy atom. The van der Waals surface area contributed by atoms with Gasteiger partial charge in [-0.2, -0.15) is 5.10 Å². The van der Waals surface area contributed by atoms with Crippen molar-refractivity contribution < 1.29 is 26.7 Å². The summed E-state index contributed by atoms with van der Waals surface area (Å²) in [5, 5.41) is 9.18. The van der Waals surface area contributed by atoms with Crippen LogP contribution < -0.4 is 25.8 Å². The molecule has 0 amide bonds. The molecule has 1 fully saturated rings. The number of aromatic nitrogens is 4. The summed E-state index contributed by atoms with van der Waals surface area (Å²) < 4.78 is 74.3. The van der Waals surface area contributed by atoms with Gasteiger partial charge in [-0.3, -0.25) is 4.68 Å². The van der Waals surface area contributed by atoms with Gasteiger partial charge in [-0.25, -0.2) is 13.8 Å². The lowest BCUT2D eigenvalue weighted by molar-refractivity contribution is -0.274. The van der Waals surface area contributed by atoms with Crippen molar-refractivity contribution in [3.8, 4) is 28.4 Å². The zero-order chi connectivity index (χ0) is 29.6. The third-order valence-electron chi connectivity index (χ3n) is 7.01. The molecule has 2 aromatic heterocycles. The number of imidazole rings is 1. The van der Waals surface area contributed by atoms with Gasteiger partial charge in [0, 0.05) is 48.8 Å². The van der Waals surface area contributed by atoms with E-state index < -0.39 is 20.7 Å². The van der Waals surface area contributed by atoms with E-state index in [0.29, 0.717) is 27.5 Å². The Bertz CT molecular complexity index is 1710. The molecule has 41 heavy (non-hydrogen) atoms. The van der Waals surface area contributed by atoms with Crippen LogP contribution in [0, 0.1) is 0 Å². The lowest BCUT2D eigenvalue weighted by Gasteiger charge is -2.16. The number of halogens is 5. The van der Waals surface area contributed by atoms with Gasteiger partial charge in [0.05, 0.1) is 11.3 Å². The van der Waals surface area contributed by atoms with E-state index in [1.807, 2.05) is 42.2 Å². The average Bonchev–Trinajstić information content (AvgIpc) is 3.56. The highest BCUT2D eigenvalue weighted by Gasteiger charge is 2.35. The number of benzene rings is 2. The fourth-order valence-electron chi connectivity index (χ4n) is 4.85. The summed E-state index contributed by atoms with van der Waals surface area (Å²) in [5.41, 5.74) is 2.23. The van der Waals surface area contributed by atoms with Crippen LogP contribution in [0.1, 0.15) is 36.6 Å². The molecule has 1 N–H and O–H groups in total. The van der Waals surface area contributed by atoms with Gasteiger partial charge in [-0.15, -0.1) is 13.2 Å². The number of nitrogens with one attached hydrogen (secondary N) is 1. The number of hydrogen-bond acceptors (Lipinski definition) is 4. The first kappa shape index (κ1) is 28.8. The predicted molar refractivity (Wildman–Crippen MR) is 152 cm³/mol. The van der Waals surface area contributed by atoms with Crippen LogP contribution in [0.25, 0.3) is 35.4 Å². The summed E-state index contributed by atoms with van der Waals surface area (Å²) in [6.45, 7) is 8.06. The first-order valence-corrected chi connectivity index (χ1v) is 15.1. The summed E-state index contributed by atoms with van der Waals surface area (Å²) in [4.78, 5) is 4.90. The van der Waals surface area contributed by atoms with Gasteiger partial charge in [0.25, 0.3) is 6.43 Å². The molecule has 4 aromatic rings. The second kappa shape index (κ2) is 10.9. The lowest BCUT2D eigenvalue weighted by atomic mass is 10.0. The molecule has 1 aliphatic carbocycles. The third kappa shape index (κ3) is 6.00. The minimum absolute atomic E-state index is 0.195. The highest BCUT2D eigenvalue weighted by atomic mass is 31.1. The number of ether oxygens (including phenoxy) is 1. The second-order valence-corrected chi connectivity index (χ2v) is 12.5. The third-order valence-corrected chi connectivity index (χ3v) is 8.32. The zero-order valence-electron chi connectivity index (χ0n) is 22.9. The van der Waals surface area contributed by atoms with Crippen molar-refractivity contribution in [2.75, 3.05) is 18.6 Å². The summed E-state index contributed by atoms with van der Waals surface area (Å²) in [5.74, 6) is 0.490. The quantitative estimate of drug-likeness (QED) is 0.208. The smallest absolute Gasteiger partial charge is 0.405 e. The standard InChI is InChI=1S/C29H29F5N5OP/c1-16-7-6-8-19(21(16)15-35-24-14-22(27(30)31)39(3)37-24)25-26(17-9-10-17)38(2)28(36-25)20-12-11-18(41(4)5)13-23(20)40-29(32,33)34/h6-8,11-15,17,27H,1,9-10H2,2-5H3,(H,35,37)/b21-15+. The largest absolute Gasteiger partial charge is 0.573 e. The molecule has 1 aliphatic rings. The van der Waals surface area contributed by atoms with E-state index in [9.17, 15) is 22.0 Å². The minimum Gasteiger partial charge on any atom is -0.405 e. The molecule has 216 valence electrons. The van der Waals surface area contributed by atoms with Gasteiger partial charge < -0.3 is 14.6 Å². The molecule has 0 unspecified atom stereocenters. The molecule has 0 saturated heterocycles. The average molecular weight is 590 g/mol. The van der Waals surface area contributed by atoms with E-state index in [1.54, 1.807) is 19.3 Å². The first-order valence-electron chi connectivity index (χ1n) is 12.8. The molecule has 0 spiro atoms. The Balaban J connectivity index is 1.66. The minimum atomic E-state index is -4.86. The van der Waals surface area contributed by atoms with Crippen LogP contribution in [-0.2, 0) is 14.1 Å². The molecular weight excluding hydrogens is 560 g/mol. The lowest BCUT2D eigenvalue weighted by Crippen LogP contribution is -2.26. The van der Waals surface area contributed by atoms with Crippen LogP contribution in [0.15, 0.2) is 42.5 Å². The highest BCUT2D eigenvalue weighted by Crippen LogP contribution is 2.46. The summed E-state index contributed by atoms with van der Waals surface area (Å²) in [6.07, 6.45) is -4.04. The van der Waals surface area contributed by atoms with Crippen LogP contribution in [-0.4, -0.2) is 39.0 Å². The van der Waals surface area contributed by atoms with E-state index >= 15 is 0 Å². The van der Waals surface area contributed by atoms with Crippen LogP contribution in [0.4, 0.5) is 27.8 Å². The predicted octanol–water partition coefficient (Wildman–Crippen LogP) is 5.83. The van der Waals surface area contributed by atoms with Crippen molar-refractivity contribution in [1.29, 1.82) is 0 Å². The zero-order valence-corrected chi connectivity index (χ0v) is 23.8. The number of aryl methyl sites for hydroxylation is 1. The topological polar surface area (TPSA) is 56.9 Å². The number of anilines is 1. The maximum atomic E-state index is 13.4. The molecule has 6 nitrogen and oxygen atoms in total. The van der Waals surface area contributed by atoms with Crippen molar-refractivity contribution in [2.24, 2.45) is 14.1 Å². The number of nitrogens with zero attached hydrogens (tertiary/aromatic N) is 4. The van der Waals surface area contributed by atoms with Crippen LogP contribution in [0.5, 0.6) is 5.75 Å². The fourth-order valence-corrected chi connectivity index (χ4v) is 5.60. The summed E-state index contributed by atoms with van der Waals surface area (Å²) >= 11 is 0. The van der Waals surface area contributed by atoms with E-state index in [-0.39, 0.29) is 28.7 Å². The molecule has 1 saturated carbocycles. The maximum absolute atomic E-state index is 13.4. The Morgan fingerprint density at radius 2 is 1.83 bits per heavy atom. The molecular formula is C29H29F5N5OP. The highest BCUT2D eigenvalue weighted by molar-refractivity contribution is 7.64. The van der Waals surface area contributed by atoms with E-state index in [0.717, 1.165) is 28.5 Å². The molecule has 0 aliphatic heterocycles. The van der Waals surface area contributed by atoms with E-state index in [1.165, 1.54) is 19.2 Å². The molecule has 5 rings (SSSR count). The summed E-state index contributed by atoms with van der Waals surface area (Å²) in [7, 11) is 2.58. The van der Waals surface area contributed by atoms with E-state index in [4.69, 9.17) is 4.98 Å². The van der Waals surface area contributed by atoms with E-state index in [2.05, 4.69) is 21.7 Å². The van der Waals surface area contributed by atoms with Crippen molar-refractivity contribution >= 4 is 31.8 Å². The molecule has 2 heterocycles.